The van der Waals surface area contributed by atoms with Crippen molar-refractivity contribution in [2.45, 2.75) is 32.2 Å². The maximum atomic E-state index is 12.7. The second kappa shape index (κ2) is 6.06. The van der Waals surface area contributed by atoms with Crippen LogP contribution >= 0.6 is 22.7 Å². The van der Waals surface area contributed by atoms with E-state index in [1.165, 1.54) is 9.58 Å². The summed E-state index contributed by atoms with van der Waals surface area (Å²) in [5.41, 5.74) is 1.04. The molecule has 0 spiro atoms. The molecule has 0 aliphatic carbocycles. The highest BCUT2D eigenvalue weighted by atomic mass is 32.1. The van der Waals surface area contributed by atoms with Gasteiger partial charge in [0.2, 0.25) is 5.91 Å². The number of hydrogen-bond donors (Lipinski definition) is 0. The number of carbonyl (C=O) groups is 1. The highest BCUT2D eigenvalue weighted by Crippen LogP contribution is 2.36. The van der Waals surface area contributed by atoms with Crippen LogP contribution in [0, 0.1) is 6.92 Å². The van der Waals surface area contributed by atoms with Crippen LogP contribution in [0.4, 0.5) is 0 Å². The highest BCUT2D eigenvalue weighted by Gasteiger charge is 2.32. The zero-order valence-corrected chi connectivity index (χ0v) is 14.6. The fourth-order valence-corrected chi connectivity index (χ4v) is 5.18. The molecule has 5 heteroatoms. The molecule has 1 saturated heterocycles. The fourth-order valence-electron chi connectivity index (χ4n) is 3.19. The Labute approximate surface area is 143 Å². The molecule has 1 aromatic carbocycles. The maximum Gasteiger partial charge on any atom is 0.228 e. The normalized spacial score (nSPS) is 18.0. The van der Waals surface area contributed by atoms with E-state index in [1.54, 1.807) is 22.7 Å². The molecule has 3 nitrogen and oxygen atoms in total. The maximum absolute atomic E-state index is 12.7. The fraction of sp³-hybridized carbons (Fsp3) is 0.333. The Hall–Kier alpha value is -1.72. The molecule has 2 aromatic heterocycles. The summed E-state index contributed by atoms with van der Waals surface area (Å²) in [5.74, 6) is 0.230. The van der Waals surface area contributed by atoms with Crippen molar-refractivity contribution in [2.75, 3.05) is 6.54 Å². The van der Waals surface area contributed by atoms with E-state index in [1.807, 2.05) is 23.1 Å². The number of fused-ring (bicyclic) bond motifs is 1. The number of rotatable bonds is 3. The van der Waals surface area contributed by atoms with Gasteiger partial charge in [0, 0.05) is 16.3 Å². The molecule has 0 N–H and O–H groups in total. The summed E-state index contributed by atoms with van der Waals surface area (Å²) >= 11 is 3.44. The van der Waals surface area contributed by atoms with Gasteiger partial charge in [-0.1, -0.05) is 12.1 Å². The predicted molar refractivity (Wildman–Crippen MR) is 96.1 cm³/mol. The van der Waals surface area contributed by atoms with Crippen molar-refractivity contribution < 1.29 is 4.79 Å². The van der Waals surface area contributed by atoms with E-state index in [0.717, 1.165) is 34.8 Å². The Morgan fingerprint density at radius 3 is 2.91 bits per heavy atom. The Kier molecular flexibility index (Phi) is 3.91. The number of likely N-dealkylation sites (tertiary alicyclic amines) is 1. The van der Waals surface area contributed by atoms with Crippen LogP contribution in [0.2, 0.25) is 0 Å². The van der Waals surface area contributed by atoms with Gasteiger partial charge < -0.3 is 4.90 Å². The minimum absolute atomic E-state index is 0.154. The number of aryl methyl sites for hydroxylation is 1. The number of thiazole rings is 1. The van der Waals surface area contributed by atoms with Gasteiger partial charge in [0.1, 0.15) is 5.01 Å². The molecule has 23 heavy (non-hydrogen) atoms. The zero-order chi connectivity index (χ0) is 15.8. The van der Waals surface area contributed by atoms with E-state index in [9.17, 15) is 4.79 Å². The third-order valence-electron chi connectivity index (χ3n) is 4.29. The lowest BCUT2D eigenvalue weighted by molar-refractivity contribution is -0.131. The molecular formula is C18H18N2OS2. The van der Waals surface area contributed by atoms with Gasteiger partial charge in [0.15, 0.2) is 0 Å². The number of nitrogens with zero attached hydrogens (tertiary/aromatic N) is 2. The monoisotopic (exact) mass is 342 g/mol. The van der Waals surface area contributed by atoms with E-state index in [4.69, 9.17) is 4.98 Å². The summed E-state index contributed by atoms with van der Waals surface area (Å²) in [6.07, 6.45) is 2.60. The Balaban J connectivity index is 1.57. The van der Waals surface area contributed by atoms with E-state index < -0.39 is 0 Å². The molecule has 1 aliphatic rings. The van der Waals surface area contributed by atoms with E-state index in [0.29, 0.717) is 6.42 Å². The minimum Gasteiger partial charge on any atom is -0.333 e. The molecule has 118 valence electrons. The lowest BCUT2D eigenvalue weighted by atomic mass is 10.2. The quantitative estimate of drug-likeness (QED) is 0.698. The molecule has 1 atom stereocenters. The van der Waals surface area contributed by atoms with Crippen molar-refractivity contribution in [3.05, 3.63) is 51.2 Å². The van der Waals surface area contributed by atoms with Crippen LogP contribution in [-0.4, -0.2) is 22.3 Å². The van der Waals surface area contributed by atoms with Crippen molar-refractivity contribution in [1.82, 2.24) is 9.88 Å². The number of thiophene rings is 1. The number of amides is 1. The molecule has 4 rings (SSSR count). The number of carbonyl (C=O) groups excluding carboxylic acids is 1. The first-order valence-electron chi connectivity index (χ1n) is 7.91. The molecule has 0 radical (unpaired) electrons. The number of hydrogen-bond acceptors (Lipinski definition) is 4. The topological polar surface area (TPSA) is 33.2 Å². The Morgan fingerprint density at radius 2 is 2.13 bits per heavy atom. The van der Waals surface area contributed by atoms with Crippen LogP contribution < -0.4 is 0 Å². The molecule has 1 amide bonds. The van der Waals surface area contributed by atoms with Gasteiger partial charge >= 0.3 is 0 Å². The summed E-state index contributed by atoms with van der Waals surface area (Å²) in [7, 11) is 0. The number of aromatic nitrogens is 1. The third-order valence-corrected chi connectivity index (χ3v) is 6.43. The lowest BCUT2D eigenvalue weighted by Gasteiger charge is -2.22. The molecule has 0 unspecified atom stereocenters. The zero-order valence-electron chi connectivity index (χ0n) is 13.0. The average Bonchev–Trinajstić information content (AvgIpc) is 3.24. The van der Waals surface area contributed by atoms with Gasteiger partial charge in [-0.25, -0.2) is 4.98 Å². The van der Waals surface area contributed by atoms with Crippen LogP contribution in [0.25, 0.3) is 10.2 Å². The van der Waals surface area contributed by atoms with Crippen molar-refractivity contribution >= 4 is 38.8 Å². The van der Waals surface area contributed by atoms with E-state index in [2.05, 4.69) is 25.1 Å². The van der Waals surface area contributed by atoms with Crippen molar-refractivity contribution in [1.29, 1.82) is 0 Å². The van der Waals surface area contributed by atoms with Crippen LogP contribution in [-0.2, 0) is 11.2 Å². The summed E-state index contributed by atoms with van der Waals surface area (Å²) in [4.78, 5) is 21.9. The van der Waals surface area contributed by atoms with Crippen LogP contribution in [0.3, 0.4) is 0 Å². The van der Waals surface area contributed by atoms with Gasteiger partial charge in [-0.2, -0.15) is 0 Å². The van der Waals surface area contributed by atoms with Gasteiger partial charge in [0.05, 0.1) is 22.7 Å². The summed E-state index contributed by atoms with van der Waals surface area (Å²) < 4.78 is 1.20. The van der Waals surface area contributed by atoms with Gasteiger partial charge in [-0.05, 0) is 44.0 Å². The van der Waals surface area contributed by atoms with Crippen LogP contribution in [0.15, 0.2) is 36.4 Å². The largest absolute Gasteiger partial charge is 0.333 e. The number of benzene rings is 1. The molecule has 3 aromatic rings. The molecule has 1 fully saturated rings. The summed E-state index contributed by atoms with van der Waals surface area (Å²) in [5, 5.41) is 1.08. The Morgan fingerprint density at radius 1 is 1.26 bits per heavy atom. The van der Waals surface area contributed by atoms with E-state index in [-0.39, 0.29) is 11.9 Å². The Bertz CT molecular complexity index is 818. The van der Waals surface area contributed by atoms with E-state index >= 15 is 0 Å². The predicted octanol–water partition coefficient (Wildman–Crippen LogP) is 4.57. The number of para-hydroxylation sites is 1. The van der Waals surface area contributed by atoms with Crippen molar-refractivity contribution in [2.24, 2.45) is 0 Å². The molecule has 0 saturated carbocycles. The summed E-state index contributed by atoms with van der Waals surface area (Å²) in [6, 6.07) is 12.5. The SMILES string of the molecule is Cc1ccc(CC(=O)N2CCC[C@@H]2c2nc3ccccc3s2)s1. The second-order valence-electron chi connectivity index (χ2n) is 5.95. The van der Waals surface area contributed by atoms with Gasteiger partial charge in [-0.15, -0.1) is 22.7 Å². The van der Waals surface area contributed by atoms with Gasteiger partial charge in [-0.3, -0.25) is 4.79 Å². The molecular weight excluding hydrogens is 324 g/mol. The first kappa shape index (κ1) is 14.8. The molecule has 1 aliphatic heterocycles. The van der Waals surface area contributed by atoms with Crippen LogP contribution in [0.5, 0.6) is 0 Å². The van der Waals surface area contributed by atoms with Crippen LogP contribution in [0.1, 0.15) is 33.6 Å². The third kappa shape index (κ3) is 2.91. The molecule has 3 heterocycles. The smallest absolute Gasteiger partial charge is 0.228 e. The van der Waals surface area contributed by atoms with Crippen molar-refractivity contribution in [3.63, 3.8) is 0 Å². The average molecular weight is 342 g/mol. The first-order chi connectivity index (χ1) is 11.2. The lowest BCUT2D eigenvalue weighted by Crippen LogP contribution is -2.31. The minimum atomic E-state index is 0.154. The molecule has 0 bridgehead atoms. The van der Waals surface area contributed by atoms with Gasteiger partial charge in [0.25, 0.3) is 0 Å². The first-order valence-corrected chi connectivity index (χ1v) is 9.54. The highest BCUT2D eigenvalue weighted by molar-refractivity contribution is 7.18. The summed E-state index contributed by atoms with van der Waals surface area (Å²) in [6.45, 7) is 2.93. The standard InChI is InChI=1S/C18H18N2OS2/c1-12-8-9-13(22-12)11-17(21)20-10-4-6-15(20)18-19-14-5-2-3-7-16(14)23-18/h2-3,5,7-9,15H,4,6,10-11H2,1H3/t15-/m1/s1. The second-order valence-corrected chi connectivity index (χ2v) is 8.39. The van der Waals surface area contributed by atoms with Crippen molar-refractivity contribution in [3.8, 4) is 0 Å².